The molecule has 0 spiro atoms. The van der Waals surface area contributed by atoms with Gasteiger partial charge in [0.1, 0.15) is 5.82 Å². The van der Waals surface area contributed by atoms with Crippen molar-refractivity contribution in [2.24, 2.45) is 0 Å². The van der Waals surface area contributed by atoms with Crippen molar-refractivity contribution in [1.82, 2.24) is 14.9 Å². The highest BCUT2D eigenvalue weighted by molar-refractivity contribution is 5.08. The molecule has 1 fully saturated rings. The van der Waals surface area contributed by atoms with Gasteiger partial charge in [0.05, 0.1) is 6.54 Å². The molecule has 1 heterocycles. The molecule has 1 aliphatic carbocycles. The van der Waals surface area contributed by atoms with Crippen LogP contribution in [-0.4, -0.2) is 16.6 Å². The van der Waals surface area contributed by atoms with Crippen molar-refractivity contribution >= 4 is 0 Å². The predicted octanol–water partition coefficient (Wildman–Crippen LogP) is 1.25. The molecule has 3 heteroatoms. The Morgan fingerprint density at radius 1 is 1.67 bits per heavy atom. The van der Waals surface area contributed by atoms with Crippen LogP contribution in [0, 0.1) is 6.92 Å². The molecule has 3 nitrogen and oxygen atoms in total. The van der Waals surface area contributed by atoms with Gasteiger partial charge in [0.25, 0.3) is 0 Å². The number of aryl methyl sites for hydroxylation is 1. The largest absolute Gasteiger partial charge is 0.328 e. The number of hydrogen-bond donors (Lipinski definition) is 1. The monoisotopic (exact) mass is 165 g/mol. The summed E-state index contributed by atoms with van der Waals surface area (Å²) in [4.78, 5) is 4.37. The van der Waals surface area contributed by atoms with Gasteiger partial charge in [-0.25, -0.2) is 4.98 Å². The van der Waals surface area contributed by atoms with Gasteiger partial charge in [-0.3, -0.25) is 0 Å². The van der Waals surface area contributed by atoms with E-state index in [0.717, 1.165) is 12.6 Å². The first-order chi connectivity index (χ1) is 5.83. The maximum Gasteiger partial charge on any atom is 0.123 e. The number of nitrogens with zero attached hydrogens (tertiary/aromatic N) is 2. The summed E-state index contributed by atoms with van der Waals surface area (Å²) in [7, 11) is 1.96. The lowest BCUT2D eigenvalue weighted by Crippen LogP contribution is -2.12. The lowest BCUT2D eigenvalue weighted by molar-refractivity contribution is 0.632. The summed E-state index contributed by atoms with van der Waals surface area (Å²) in [6, 6.07) is 0.746. The summed E-state index contributed by atoms with van der Waals surface area (Å²) in [5.41, 5.74) is 1.29. The quantitative estimate of drug-likeness (QED) is 0.730. The van der Waals surface area contributed by atoms with Crippen LogP contribution in [0.5, 0.6) is 0 Å². The topological polar surface area (TPSA) is 29.9 Å². The summed E-state index contributed by atoms with van der Waals surface area (Å²) < 4.78 is 2.36. The van der Waals surface area contributed by atoms with Gasteiger partial charge in [0.15, 0.2) is 0 Å². The minimum Gasteiger partial charge on any atom is -0.328 e. The molecule has 0 bridgehead atoms. The van der Waals surface area contributed by atoms with E-state index in [1.54, 1.807) is 0 Å². The van der Waals surface area contributed by atoms with E-state index in [1.165, 1.54) is 24.4 Å². The van der Waals surface area contributed by atoms with Crippen LogP contribution < -0.4 is 5.32 Å². The Hall–Kier alpha value is -0.830. The van der Waals surface area contributed by atoms with Crippen LogP contribution >= 0.6 is 0 Å². The van der Waals surface area contributed by atoms with E-state index >= 15 is 0 Å². The third kappa shape index (κ3) is 1.25. The third-order valence-electron chi connectivity index (χ3n) is 2.31. The standard InChI is InChI=1S/C9H15N3/c1-7-5-11-9(6-10-2)12(7)8-3-4-8/h5,8,10H,3-4,6H2,1-2H3. The average Bonchev–Trinajstić information content (AvgIpc) is 2.80. The zero-order valence-corrected chi connectivity index (χ0v) is 7.67. The second-order valence-electron chi connectivity index (χ2n) is 3.45. The van der Waals surface area contributed by atoms with Crippen LogP contribution in [0.25, 0.3) is 0 Å². The molecule has 1 aromatic rings. The first-order valence-electron chi connectivity index (χ1n) is 4.50. The molecule has 1 saturated carbocycles. The smallest absolute Gasteiger partial charge is 0.123 e. The molecule has 0 radical (unpaired) electrons. The van der Waals surface area contributed by atoms with Gasteiger partial charge >= 0.3 is 0 Å². The highest BCUT2D eigenvalue weighted by atomic mass is 15.1. The van der Waals surface area contributed by atoms with Crippen molar-refractivity contribution in [3.05, 3.63) is 17.7 Å². The maximum atomic E-state index is 4.37. The van der Waals surface area contributed by atoms with Gasteiger partial charge in [0, 0.05) is 17.9 Å². The van der Waals surface area contributed by atoms with Gasteiger partial charge in [-0.1, -0.05) is 0 Å². The first kappa shape index (κ1) is 7.80. The fraction of sp³-hybridized carbons (Fsp3) is 0.667. The Kier molecular flexibility index (Phi) is 1.89. The molecule has 0 unspecified atom stereocenters. The van der Waals surface area contributed by atoms with Crippen LogP contribution in [0.3, 0.4) is 0 Å². The van der Waals surface area contributed by atoms with Crippen LogP contribution in [0.15, 0.2) is 6.20 Å². The Labute approximate surface area is 72.8 Å². The molecule has 1 aromatic heterocycles. The van der Waals surface area contributed by atoms with Crippen LogP contribution in [0.2, 0.25) is 0 Å². The van der Waals surface area contributed by atoms with Crippen LogP contribution in [0.1, 0.15) is 30.4 Å². The summed E-state index contributed by atoms with van der Waals surface area (Å²) in [6.45, 7) is 3.01. The first-order valence-corrected chi connectivity index (χ1v) is 4.50. The minimum atomic E-state index is 0.746. The fourth-order valence-corrected chi connectivity index (χ4v) is 1.62. The highest BCUT2D eigenvalue weighted by Crippen LogP contribution is 2.36. The van der Waals surface area contributed by atoms with Crippen molar-refractivity contribution in [2.45, 2.75) is 32.4 Å². The van der Waals surface area contributed by atoms with Crippen LogP contribution in [0.4, 0.5) is 0 Å². The summed E-state index contributed by atoms with van der Waals surface area (Å²) in [6.07, 6.45) is 4.62. The summed E-state index contributed by atoms with van der Waals surface area (Å²) in [5.74, 6) is 1.18. The van der Waals surface area contributed by atoms with Crippen molar-refractivity contribution in [3.8, 4) is 0 Å². The van der Waals surface area contributed by atoms with Crippen molar-refractivity contribution < 1.29 is 0 Å². The molecular weight excluding hydrogens is 150 g/mol. The van der Waals surface area contributed by atoms with E-state index in [0.29, 0.717) is 0 Å². The Morgan fingerprint density at radius 2 is 2.42 bits per heavy atom. The molecular formula is C9H15N3. The lowest BCUT2D eigenvalue weighted by Gasteiger charge is -2.07. The van der Waals surface area contributed by atoms with E-state index in [9.17, 15) is 0 Å². The molecule has 0 atom stereocenters. The van der Waals surface area contributed by atoms with Crippen LogP contribution in [-0.2, 0) is 6.54 Å². The normalized spacial score (nSPS) is 16.8. The van der Waals surface area contributed by atoms with Crippen molar-refractivity contribution in [1.29, 1.82) is 0 Å². The Balaban J connectivity index is 2.27. The number of rotatable bonds is 3. The van der Waals surface area contributed by atoms with Gasteiger partial charge in [-0.2, -0.15) is 0 Å². The molecule has 1 N–H and O–H groups in total. The molecule has 1 aliphatic rings. The molecule has 66 valence electrons. The van der Waals surface area contributed by atoms with Gasteiger partial charge in [0.2, 0.25) is 0 Å². The SMILES string of the molecule is CNCc1ncc(C)n1C1CC1. The van der Waals surface area contributed by atoms with E-state index in [1.807, 2.05) is 13.2 Å². The Morgan fingerprint density at radius 3 is 3.00 bits per heavy atom. The van der Waals surface area contributed by atoms with Crippen molar-refractivity contribution in [2.75, 3.05) is 7.05 Å². The van der Waals surface area contributed by atoms with Crippen molar-refractivity contribution in [3.63, 3.8) is 0 Å². The summed E-state index contributed by atoms with van der Waals surface area (Å²) in [5, 5.41) is 3.14. The zero-order chi connectivity index (χ0) is 8.55. The molecule has 12 heavy (non-hydrogen) atoms. The number of imidazole rings is 1. The number of hydrogen-bond acceptors (Lipinski definition) is 2. The second-order valence-corrected chi connectivity index (χ2v) is 3.45. The van der Waals surface area contributed by atoms with E-state index in [4.69, 9.17) is 0 Å². The number of nitrogens with one attached hydrogen (secondary N) is 1. The molecule has 0 aliphatic heterocycles. The zero-order valence-electron chi connectivity index (χ0n) is 7.67. The maximum absolute atomic E-state index is 4.37. The van der Waals surface area contributed by atoms with E-state index in [2.05, 4.69) is 21.8 Å². The Bertz CT molecular complexity index is 273. The summed E-state index contributed by atoms with van der Waals surface area (Å²) >= 11 is 0. The van der Waals surface area contributed by atoms with E-state index < -0.39 is 0 Å². The fourth-order valence-electron chi connectivity index (χ4n) is 1.62. The average molecular weight is 165 g/mol. The van der Waals surface area contributed by atoms with E-state index in [-0.39, 0.29) is 0 Å². The molecule has 0 aromatic carbocycles. The van der Waals surface area contributed by atoms with Gasteiger partial charge < -0.3 is 9.88 Å². The molecule has 2 rings (SSSR count). The second kappa shape index (κ2) is 2.90. The highest BCUT2D eigenvalue weighted by Gasteiger charge is 2.26. The minimum absolute atomic E-state index is 0.746. The third-order valence-corrected chi connectivity index (χ3v) is 2.31. The van der Waals surface area contributed by atoms with Gasteiger partial charge in [-0.15, -0.1) is 0 Å². The molecule has 0 amide bonds. The predicted molar refractivity (Wildman–Crippen MR) is 48.0 cm³/mol. The number of aromatic nitrogens is 2. The lowest BCUT2D eigenvalue weighted by atomic mass is 10.5. The molecule has 0 saturated heterocycles. The van der Waals surface area contributed by atoms with Gasteiger partial charge in [-0.05, 0) is 26.8 Å².